The number of carbonyl (C=O) groups is 3. The molecule has 1 aromatic rings. The second kappa shape index (κ2) is 8.97. The molecule has 1 aliphatic heterocycles. The lowest BCUT2D eigenvalue weighted by molar-refractivity contribution is -0.122. The quantitative estimate of drug-likeness (QED) is 0.525. The fraction of sp³-hybridized carbons (Fsp3) is 0.450. The smallest absolute Gasteiger partial charge is 0.261 e. The molecule has 0 saturated carbocycles. The van der Waals surface area contributed by atoms with Gasteiger partial charge in [0, 0.05) is 11.6 Å². The number of allylic oxidation sites excluding steroid dienone is 1. The van der Waals surface area contributed by atoms with Crippen LogP contribution in [0.15, 0.2) is 23.3 Å². The maximum Gasteiger partial charge on any atom is 0.261 e. The molecule has 2 N–H and O–H groups in total. The third-order valence-electron chi connectivity index (χ3n) is 4.69. The minimum atomic E-state index is -0.571. The van der Waals surface area contributed by atoms with E-state index < -0.39 is 6.04 Å². The minimum Gasteiger partial charge on any atom is -0.373 e. The Morgan fingerprint density at radius 1 is 1.18 bits per heavy atom. The highest BCUT2D eigenvalue weighted by atomic mass is 35.5. The van der Waals surface area contributed by atoms with Crippen molar-refractivity contribution in [1.82, 2.24) is 5.32 Å². The van der Waals surface area contributed by atoms with E-state index >= 15 is 0 Å². The largest absolute Gasteiger partial charge is 0.373 e. The average molecular weight is 426 g/mol. The average Bonchev–Trinajstić information content (AvgIpc) is 2.91. The van der Waals surface area contributed by atoms with Crippen LogP contribution in [-0.2, 0) is 14.4 Å². The van der Waals surface area contributed by atoms with E-state index in [1.54, 1.807) is 20.8 Å². The molecule has 6 nitrogen and oxygen atoms in total. The van der Waals surface area contributed by atoms with E-state index in [1.165, 1.54) is 12.1 Å². The number of rotatable bonds is 6. The molecule has 1 saturated heterocycles. The van der Waals surface area contributed by atoms with Gasteiger partial charge in [-0.1, -0.05) is 35.7 Å². The summed E-state index contributed by atoms with van der Waals surface area (Å²) in [6.45, 7) is 9.19. The number of nitrogens with zero attached hydrogens (tertiary/aromatic N) is 1. The van der Waals surface area contributed by atoms with E-state index in [2.05, 4.69) is 10.6 Å². The molecule has 0 bridgehead atoms. The number of benzene rings is 1. The van der Waals surface area contributed by atoms with Gasteiger partial charge in [0.15, 0.2) is 0 Å². The van der Waals surface area contributed by atoms with Gasteiger partial charge in [-0.05, 0) is 46.2 Å². The Kier molecular flexibility index (Phi) is 7.12. The Morgan fingerprint density at radius 2 is 1.82 bits per heavy atom. The highest BCUT2D eigenvalue weighted by Crippen LogP contribution is 2.38. The zero-order valence-electron chi connectivity index (χ0n) is 16.7. The Bertz CT molecular complexity index is 847. The van der Waals surface area contributed by atoms with Crippen molar-refractivity contribution in [3.05, 3.63) is 33.3 Å². The van der Waals surface area contributed by atoms with E-state index in [9.17, 15) is 14.4 Å². The van der Waals surface area contributed by atoms with E-state index in [-0.39, 0.29) is 40.9 Å². The molecule has 0 spiro atoms. The van der Waals surface area contributed by atoms with Crippen molar-refractivity contribution in [3.63, 3.8) is 0 Å². The maximum atomic E-state index is 12.7. The van der Waals surface area contributed by atoms with Gasteiger partial charge in [0.25, 0.3) is 5.91 Å². The van der Waals surface area contributed by atoms with Crippen LogP contribution in [0.5, 0.6) is 0 Å². The van der Waals surface area contributed by atoms with Gasteiger partial charge >= 0.3 is 0 Å². The van der Waals surface area contributed by atoms with E-state index in [4.69, 9.17) is 23.2 Å². The lowest BCUT2D eigenvalue weighted by atomic mass is 10.1. The minimum absolute atomic E-state index is 0.0383. The number of carbonyl (C=O) groups excluding carboxylic acids is 3. The maximum absolute atomic E-state index is 12.7. The van der Waals surface area contributed by atoms with Crippen molar-refractivity contribution >= 4 is 52.3 Å². The number of amides is 3. The molecule has 2 unspecified atom stereocenters. The topological polar surface area (TPSA) is 78.5 Å². The predicted octanol–water partition coefficient (Wildman–Crippen LogP) is 4.31. The second-order valence-corrected chi connectivity index (χ2v) is 7.97. The molecule has 1 aliphatic rings. The molecular formula is C20H25Cl2N3O3. The summed E-state index contributed by atoms with van der Waals surface area (Å²) in [5, 5.41) is 6.39. The summed E-state index contributed by atoms with van der Waals surface area (Å²) in [4.78, 5) is 38.4. The second-order valence-electron chi connectivity index (χ2n) is 7.16. The Morgan fingerprint density at radius 3 is 2.36 bits per heavy atom. The number of imide groups is 1. The Labute approximate surface area is 175 Å². The highest BCUT2D eigenvalue weighted by molar-refractivity contribution is 6.40. The van der Waals surface area contributed by atoms with Gasteiger partial charge in [-0.2, -0.15) is 0 Å². The first kappa shape index (κ1) is 22.2. The SMILES string of the molecule is CCC(C)NC(=O)C(C)Nc1cc(N2C(=O)CC(=C(C)C)C2=O)c(Cl)cc1Cl. The molecule has 2 rings (SSSR count). The highest BCUT2D eigenvalue weighted by Gasteiger charge is 2.37. The lowest BCUT2D eigenvalue weighted by Crippen LogP contribution is -2.42. The molecule has 1 fully saturated rings. The van der Waals surface area contributed by atoms with Gasteiger partial charge < -0.3 is 10.6 Å². The molecule has 1 heterocycles. The van der Waals surface area contributed by atoms with Crippen LogP contribution in [0.4, 0.5) is 11.4 Å². The van der Waals surface area contributed by atoms with Gasteiger partial charge in [-0.3, -0.25) is 14.4 Å². The fourth-order valence-electron chi connectivity index (χ4n) is 2.78. The summed E-state index contributed by atoms with van der Waals surface area (Å²) in [5.74, 6) is -0.913. The van der Waals surface area contributed by atoms with Crippen LogP contribution < -0.4 is 15.5 Å². The predicted molar refractivity (Wildman–Crippen MR) is 113 cm³/mol. The molecule has 0 aliphatic carbocycles. The van der Waals surface area contributed by atoms with Crippen LogP contribution in [0.25, 0.3) is 0 Å². The molecular weight excluding hydrogens is 401 g/mol. The van der Waals surface area contributed by atoms with E-state index in [0.717, 1.165) is 16.9 Å². The number of hydrogen-bond acceptors (Lipinski definition) is 4. The molecule has 2 atom stereocenters. The summed E-state index contributed by atoms with van der Waals surface area (Å²) >= 11 is 12.5. The van der Waals surface area contributed by atoms with Crippen LogP contribution in [0.3, 0.4) is 0 Å². The van der Waals surface area contributed by atoms with Crippen LogP contribution in [-0.4, -0.2) is 29.8 Å². The number of anilines is 2. The summed E-state index contributed by atoms with van der Waals surface area (Å²) in [5.41, 5.74) is 1.92. The van der Waals surface area contributed by atoms with Gasteiger partial charge in [0.2, 0.25) is 11.8 Å². The van der Waals surface area contributed by atoms with Crippen molar-refractivity contribution in [2.24, 2.45) is 0 Å². The third-order valence-corrected chi connectivity index (χ3v) is 5.30. The third kappa shape index (κ3) is 4.67. The summed E-state index contributed by atoms with van der Waals surface area (Å²) < 4.78 is 0. The fourth-order valence-corrected chi connectivity index (χ4v) is 3.30. The summed E-state index contributed by atoms with van der Waals surface area (Å²) in [6, 6.07) is 2.47. The molecule has 28 heavy (non-hydrogen) atoms. The van der Waals surface area contributed by atoms with Gasteiger partial charge in [-0.25, -0.2) is 4.90 Å². The Hall–Kier alpha value is -2.05. The first-order valence-electron chi connectivity index (χ1n) is 9.16. The molecule has 0 radical (unpaired) electrons. The van der Waals surface area contributed by atoms with Crippen LogP contribution in [0, 0.1) is 0 Å². The van der Waals surface area contributed by atoms with Crippen molar-refractivity contribution < 1.29 is 14.4 Å². The van der Waals surface area contributed by atoms with Crippen LogP contribution >= 0.6 is 23.2 Å². The molecule has 152 valence electrons. The molecule has 3 amide bonds. The van der Waals surface area contributed by atoms with Crippen LogP contribution in [0.1, 0.15) is 47.5 Å². The number of nitrogens with one attached hydrogen (secondary N) is 2. The lowest BCUT2D eigenvalue weighted by Gasteiger charge is -2.21. The zero-order chi connectivity index (χ0) is 21.2. The van der Waals surface area contributed by atoms with Crippen molar-refractivity contribution in [2.45, 2.75) is 59.5 Å². The van der Waals surface area contributed by atoms with Gasteiger partial charge in [-0.15, -0.1) is 0 Å². The number of hydrogen-bond donors (Lipinski definition) is 2. The Balaban J connectivity index is 2.33. The molecule has 8 heteroatoms. The van der Waals surface area contributed by atoms with Crippen molar-refractivity contribution in [1.29, 1.82) is 0 Å². The first-order valence-corrected chi connectivity index (χ1v) is 9.91. The van der Waals surface area contributed by atoms with Crippen molar-refractivity contribution in [2.75, 3.05) is 10.2 Å². The molecule has 1 aromatic carbocycles. The summed E-state index contributed by atoms with van der Waals surface area (Å²) in [6.07, 6.45) is 0.854. The standard InChI is InChI=1S/C20H25Cl2N3O3/c1-6-11(4)23-19(27)12(5)24-16-9-17(15(22)8-14(16)21)25-18(26)7-13(10(2)3)20(25)28/h8-9,11-12,24H,6-7H2,1-5H3,(H,23,27). The van der Waals surface area contributed by atoms with Gasteiger partial charge in [0.05, 0.1) is 27.8 Å². The van der Waals surface area contributed by atoms with Crippen molar-refractivity contribution in [3.8, 4) is 0 Å². The van der Waals surface area contributed by atoms with E-state index in [0.29, 0.717) is 16.3 Å². The van der Waals surface area contributed by atoms with Gasteiger partial charge in [0.1, 0.15) is 6.04 Å². The normalized spacial score (nSPS) is 16.2. The zero-order valence-corrected chi connectivity index (χ0v) is 18.2. The monoisotopic (exact) mass is 425 g/mol. The van der Waals surface area contributed by atoms with E-state index in [1.807, 2.05) is 13.8 Å². The number of halogens is 2. The molecule has 0 aromatic heterocycles. The first-order chi connectivity index (χ1) is 13.1. The summed E-state index contributed by atoms with van der Waals surface area (Å²) in [7, 11) is 0. The van der Waals surface area contributed by atoms with Crippen LogP contribution in [0.2, 0.25) is 10.0 Å².